The number of benzene rings is 1. The van der Waals surface area contributed by atoms with E-state index in [-0.39, 0.29) is 11.9 Å². The van der Waals surface area contributed by atoms with Gasteiger partial charge in [-0.05, 0) is 48.7 Å². The summed E-state index contributed by atoms with van der Waals surface area (Å²) in [7, 11) is 0. The highest BCUT2D eigenvalue weighted by atomic mass is 19.1. The molecule has 0 aliphatic heterocycles. The van der Waals surface area contributed by atoms with Crippen molar-refractivity contribution in [3.8, 4) is 0 Å². The second-order valence-electron chi connectivity index (χ2n) is 5.01. The Morgan fingerprint density at radius 3 is 2.95 bits per heavy atom. The lowest BCUT2D eigenvalue weighted by Gasteiger charge is -2.12. The molecule has 3 aromatic rings. The van der Waals surface area contributed by atoms with Gasteiger partial charge in [-0.15, -0.1) is 0 Å². The number of nitrogens with two attached hydrogens (primary N) is 1. The van der Waals surface area contributed by atoms with Crippen molar-refractivity contribution in [2.24, 2.45) is 5.73 Å². The zero-order valence-electron chi connectivity index (χ0n) is 11.3. The standard InChI is InChI=1S/C16H16FN3/c1-11-8-13(17)6-5-12(11)9-15(18)14-10-19-20-7-3-2-4-16(14)20/h2-8,10,15H,9,18H2,1H3. The molecule has 2 heterocycles. The molecule has 0 aliphatic carbocycles. The normalized spacial score (nSPS) is 12.8. The minimum Gasteiger partial charge on any atom is -0.324 e. The monoisotopic (exact) mass is 269 g/mol. The molecule has 1 atom stereocenters. The first-order valence-corrected chi connectivity index (χ1v) is 6.58. The third kappa shape index (κ3) is 2.30. The second kappa shape index (κ2) is 5.06. The SMILES string of the molecule is Cc1cc(F)ccc1CC(N)c1cnn2ccccc12. The van der Waals surface area contributed by atoms with Crippen LogP contribution in [0.2, 0.25) is 0 Å². The van der Waals surface area contributed by atoms with Gasteiger partial charge in [0.15, 0.2) is 0 Å². The van der Waals surface area contributed by atoms with Crippen molar-refractivity contribution in [1.29, 1.82) is 0 Å². The number of hydrogen-bond acceptors (Lipinski definition) is 2. The molecule has 20 heavy (non-hydrogen) atoms. The van der Waals surface area contributed by atoms with Gasteiger partial charge in [-0.1, -0.05) is 12.1 Å². The fourth-order valence-corrected chi connectivity index (χ4v) is 2.48. The van der Waals surface area contributed by atoms with Crippen molar-refractivity contribution < 1.29 is 4.39 Å². The van der Waals surface area contributed by atoms with Crippen molar-refractivity contribution in [2.75, 3.05) is 0 Å². The van der Waals surface area contributed by atoms with Crippen LogP contribution in [0.25, 0.3) is 5.52 Å². The van der Waals surface area contributed by atoms with E-state index in [2.05, 4.69) is 5.10 Å². The highest BCUT2D eigenvalue weighted by Gasteiger charge is 2.14. The van der Waals surface area contributed by atoms with E-state index in [1.807, 2.05) is 35.8 Å². The maximum Gasteiger partial charge on any atom is 0.123 e. The van der Waals surface area contributed by atoms with Crippen molar-refractivity contribution in [3.63, 3.8) is 0 Å². The topological polar surface area (TPSA) is 43.3 Å². The summed E-state index contributed by atoms with van der Waals surface area (Å²) in [6, 6.07) is 10.6. The molecule has 4 heteroatoms. The van der Waals surface area contributed by atoms with Crippen LogP contribution in [-0.4, -0.2) is 9.61 Å². The van der Waals surface area contributed by atoms with Gasteiger partial charge in [-0.2, -0.15) is 5.10 Å². The first-order valence-electron chi connectivity index (χ1n) is 6.58. The molecule has 0 bridgehead atoms. The quantitative estimate of drug-likeness (QED) is 0.794. The molecule has 0 saturated heterocycles. The van der Waals surface area contributed by atoms with Crippen LogP contribution >= 0.6 is 0 Å². The van der Waals surface area contributed by atoms with Gasteiger partial charge in [0.1, 0.15) is 5.82 Å². The average molecular weight is 269 g/mol. The lowest BCUT2D eigenvalue weighted by Crippen LogP contribution is -2.13. The third-order valence-electron chi connectivity index (χ3n) is 3.60. The van der Waals surface area contributed by atoms with Gasteiger partial charge < -0.3 is 5.73 Å². The highest BCUT2D eigenvalue weighted by molar-refractivity contribution is 5.55. The molecule has 3 rings (SSSR count). The van der Waals surface area contributed by atoms with Crippen LogP contribution in [0.3, 0.4) is 0 Å². The Morgan fingerprint density at radius 2 is 2.15 bits per heavy atom. The summed E-state index contributed by atoms with van der Waals surface area (Å²) in [5.74, 6) is -0.212. The Hall–Kier alpha value is -2.20. The van der Waals surface area contributed by atoms with E-state index in [1.54, 1.807) is 12.3 Å². The third-order valence-corrected chi connectivity index (χ3v) is 3.60. The molecule has 0 radical (unpaired) electrons. The van der Waals surface area contributed by atoms with Crippen molar-refractivity contribution in [3.05, 3.63) is 71.3 Å². The lowest BCUT2D eigenvalue weighted by molar-refractivity contribution is 0.624. The summed E-state index contributed by atoms with van der Waals surface area (Å²) < 4.78 is 14.9. The Balaban J connectivity index is 1.91. The number of aryl methyl sites for hydroxylation is 1. The fourth-order valence-electron chi connectivity index (χ4n) is 2.48. The van der Waals surface area contributed by atoms with Gasteiger partial charge in [-0.3, -0.25) is 0 Å². The Kier molecular flexibility index (Phi) is 3.24. The van der Waals surface area contributed by atoms with Gasteiger partial charge >= 0.3 is 0 Å². The minimum absolute atomic E-state index is 0.154. The predicted octanol–water partition coefficient (Wildman–Crippen LogP) is 3.02. The van der Waals surface area contributed by atoms with Crippen LogP contribution in [0, 0.1) is 12.7 Å². The van der Waals surface area contributed by atoms with Crippen molar-refractivity contribution in [1.82, 2.24) is 9.61 Å². The number of aromatic nitrogens is 2. The number of rotatable bonds is 3. The lowest BCUT2D eigenvalue weighted by atomic mass is 9.97. The molecule has 1 unspecified atom stereocenters. The molecule has 0 amide bonds. The highest BCUT2D eigenvalue weighted by Crippen LogP contribution is 2.22. The van der Waals surface area contributed by atoms with Crippen molar-refractivity contribution in [2.45, 2.75) is 19.4 Å². The zero-order chi connectivity index (χ0) is 14.1. The maximum absolute atomic E-state index is 13.1. The molecule has 2 aromatic heterocycles. The van der Waals surface area contributed by atoms with E-state index in [0.29, 0.717) is 6.42 Å². The molecule has 102 valence electrons. The number of halogens is 1. The summed E-state index contributed by atoms with van der Waals surface area (Å²) in [6.07, 6.45) is 4.37. The van der Waals surface area contributed by atoms with Crippen LogP contribution < -0.4 is 5.73 Å². The van der Waals surface area contributed by atoms with E-state index < -0.39 is 0 Å². The fraction of sp³-hybridized carbons (Fsp3) is 0.188. The molecular formula is C16H16FN3. The first-order chi connectivity index (χ1) is 9.65. The van der Waals surface area contributed by atoms with Crippen LogP contribution in [0.5, 0.6) is 0 Å². The number of pyridine rings is 1. The molecule has 2 N–H and O–H groups in total. The Bertz CT molecular complexity index is 748. The number of fused-ring (bicyclic) bond motifs is 1. The van der Waals surface area contributed by atoms with Gasteiger partial charge in [0.2, 0.25) is 0 Å². The molecular weight excluding hydrogens is 253 g/mol. The summed E-state index contributed by atoms with van der Waals surface area (Å²) in [5, 5.41) is 4.29. The van der Waals surface area contributed by atoms with Crippen LogP contribution in [0.1, 0.15) is 22.7 Å². The number of nitrogens with zero attached hydrogens (tertiary/aromatic N) is 2. The van der Waals surface area contributed by atoms with Gasteiger partial charge in [0.05, 0.1) is 11.7 Å². The summed E-state index contributed by atoms with van der Waals surface area (Å²) in [5.41, 5.74) is 10.3. The molecule has 0 fully saturated rings. The van der Waals surface area contributed by atoms with Gasteiger partial charge in [0.25, 0.3) is 0 Å². The first kappa shape index (κ1) is 12.8. The predicted molar refractivity (Wildman–Crippen MR) is 77.0 cm³/mol. The van der Waals surface area contributed by atoms with Crippen molar-refractivity contribution >= 4 is 5.52 Å². The molecule has 0 aliphatic rings. The second-order valence-corrected chi connectivity index (χ2v) is 5.01. The largest absolute Gasteiger partial charge is 0.324 e. The number of hydrogen-bond donors (Lipinski definition) is 1. The average Bonchev–Trinajstić information content (AvgIpc) is 2.86. The van der Waals surface area contributed by atoms with Crippen LogP contribution in [-0.2, 0) is 6.42 Å². The maximum atomic E-state index is 13.1. The Labute approximate surface area is 116 Å². The Morgan fingerprint density at radius 1 is 1.30 bits per heavy atom. The van der Waals surface area contributed by atoms with E-state index in [9.17, 15) is 4.39 Å². The summed E-state index contributed by atoms with van der Waals surface area (Å²) >= 11 is 0. The van der Waals surface area contributed by atoms with E-state index >= 15 is 0 Å². The minimum atomic E-state index is -0.212. The zero-order valence-corrected chi connectivity index (χ0v) is 11.3. The molecule has 0 saturated carbocycles. The van der Waals surface area contributed by atoms with E-state index in [0.717, 1.165) is 22.2 Å². The van der Waals surface area contributed by atoms with Crippen LogP contribution in [0.4, 0.5) is 4.39 Å². The smallest absolute Gasteiger partial charge is 0.123 e. The molecule has 3 nitrogen and oxygen atoms in total. The molecule has 0 spiro atoms. The van der Waals surface area contributed by atoms with Gasteiger partial charge in [0, 0.05) is 17.8 Å². The van der Waals surface area contributed by atoms with E-state index in [4.69, 9.17) is 5.73 Å². The summed E-state index contributed by atoms with van der Waals surface area (Å²) in [6.45, 7) is 1.90. The van der Waals surface area contributed by atoms with Crippen LogP contribution in [0.15, 0.2) is 48.8 Å². The summed E-state index contributed by atoms with van der Waals surface area (Å²) in [4.78, 5) is 0. The van der Waals surface area contributed by atoms with Gasteiger partial charge in [-0.25, -0.2) is 8.91 Å². The van der Waals surface area contributed by atoms with E-state index in [1.165, 1.54) is 12.1 Å². The molecule has 1 aromatic carbocycles.